The molecule has 0 radical (unpaired) electrons. The molecule has 22 heavy (non-hydrogen) atoms. The van der Waals surface area contributed by atoms with Crippen molar-refractivity contribution in [3.05, 3.63) is 6.33 Å². The molecular formula is C15H27N5OS. The van der Waals surface area contributed by atoms with E-state index in [2.05, 4.69) is 41.2 Å². The summed E-state index contributed by atoms with van der Waals surface area (Å²) in [4.78, 5) is 14.4. The fourth-order valence-corrected chi connectivity index (χ4v) is 3.50. The van der Waals surface area contributed by atoms with Crippen LogP contribution in [-0.2, 0) is 4.79 Å². The quantitative estimate of drug-likeness (QED) is 0.739. The maximum atomic E-state index is 12.0. The Hall–Kier alpha value is -1.08. The second kappa shape index (κ2) is 8.53. The third-order valence-electron chi connectivity index (χ3n) is 3.85. The maximum Gasteiger partial charge on any atom is 0.230 e. The molecule has 0 spiro atoms. The van der Waals surface area contributed by atoms with Crippen LogP contribution in [0.15, 0.2) is 11.5 Å². The molecule has 0 aromatic carbocycles. The lowest BCUT2D eigenvalue weighted by Gasteiger charge is -2.20. The number of likely N-dealkylation sites (tertiary alicyclic amines) is 1. The number of amides is 1. The van der Waals surface area contributed by atoms with Gasteiger partial charge in [0.05, 0.1) is 5.75 Å². The van der Waals surface area contributed by atoms with Crippen LogP contribution >= 0.6 is 11.8 Å². The molecule has 1 saturated heterocycles. The van der Waals surface area contributed by atoms with E-state index < -0.39 is 0 Å². The van der Waals surface area contributed by atoms with Crippen LogP contribution in [0.4, 0.5) is 0 Å². The molecule has 1 aromatic rings. The van der Waals surface area contributed by atoms with E-state index in [9.17, 15) is 4.79 Å². The lowest BCUT2D eigenvalue weighted by molar-refractivity contribution is -0.118. The molecule has 6 nitrogen and oxygen atoms in total. The summed E-state index contributed by atoms with van der Waals surface area (Å²) in [5, 5.41) is 11.8. The minimum Gasteiger partial charge on any atom is -0.355 e. The largest absolute Gasteiger partial charge is 0.355 e. The molecule has 0 aliphatic carbocycles. The smallest absolute Gasteiger partial charge is 0.230 e. The number of rotatable bonds is 8. The monoisotopic (exact) mass is 325 g/mol. The van der Waals surface area contributed by atoms with Gasteiger partial charge in [-0.2, -0.15) is 0 Å². The summed E-state index contributed by atoms with van der Waals surface area (Å²) >= 11 is 1.44. The molecule has 2 rings (SSSR count). The Morgan fingerprint density at radius 1 is 1.36 bits per heavy atom. The van der Waals surface area contributed by atoms with Crippen molar-refractivity contribution >= 4 is 17.7 Å². The van der Waals surface area contributed by atoms with E-state index in [1.807, 2.05) is 4.57 Å². The SMILES string of the molecule is CC(CNC(=O)CSc1nncn1C(C)C)CN1CCCC1. The van der Waals surface area contributed by atoms with E-state index in [-0.39, 0.29) is 5.91 Å². The van der Waals surface area contributed by atoms with Crippen molar-refractivity contribution in [2.75, 3.05) is 31.9 Å². The molecule has 1 atom stereocenters. The highest BCUT2D eigenvalue weighted by atomic mass is 32.2. The maximum absolute atomic E-state index is 12.0. The molecule has 1 fully saturated rings. The summed E-state index contributed by atoms with van der Waals surface area (Å²) < 4.78 is 1.98. The van der Waals surface area contributed by atoms with Gasteiger partial charge in [-0.3, -0.25) is 4.79 Å². The Kier molecular flexibility index (Phi) is 6.70. The molecular weight excluding hydrogens is 298 g/mol. The van der Waals surface area contributed by atoms with Gasteiger partial charge in [0.2, 0.25) is 5.91 Å². The van der Waals surface area contributed by atoms with Gasteiger partial charge in [-0.25, -0.2) is 0 Å². The standard InChI is InChI=1S/C15H27N5OS/c1-12(2)20-11-17-18-15(20)22-10-14(21)16-8-13(3)9-19-6-4-5-7-19/h11-13H,4-10H2,1-3H3,(H,16,21). The highest BCUT2D eigenvalue weighted by Gasteiger charge is 2.15. The van der Waals surface area contributed by atoms with Gasteiger partial charge < -0.3 is 14.8 Å². The fraction of sp³-hybridized carbons (Fsp3) is 0.800. The highest BCUT2D eigenvalue weighted by Crippen LogP contribution is 2.18. The predicted molar refractivity (Wildman–Crippen MR) is 89.0 cm³/mol. The predicted octanol–water partition coefficient (Wildman–Crippen LogP) is 1.80. The summed E-state index contributed by atoms with van der Waals surface area (Å²) in [7, 11) is 0. The minimum atomic E-state index is 0.0663. The minimum absolute atomic E-state index is 0.0663. The van der Waals surface area contributed by atoms with Crippen molar-refractivity contribution in [2.45, 2.75) is 44.8 Å². The average molecular weight is 325 g/mol. The van der Waals surface area contributed by atoms with Crippen LogP contribution in [0.1, 0.15) is 39.7 Å². The Bertz CT molecular complexity index is 470. The van der Waals surface area contributed by atoms with Gasteiger partial charge in [-0.15, -0.1) is 10.2 Å². The molecule has 1 amide bonds. The van der Waals surface area contributed by atoms with Crippen LogP contribution < -0.4 is 5.32 Å². The second-order valence-corrected chi connectivity index (χ2v) is 7.26. The van der Waals surface area contributed by atoms with Crippen molar-refractivity contribution in [1.82, 2.24) is 25.0 Å². The van der Waals surface area contributed by atoms with Crippen molar-refractivity contribution in [3.8, 4) is 0 Å². The van der Waals surface area contributed by atoms with E-state index in [0.29, 0.717) is 17.7 Å². The van der Waals surface area contributed by atoms with Gasteiger partial charge >= 0.3 is 0 Å². The second-order valence-electron chi connectivity index (χ2n) is 6.32. The molecule has 2 heterocycles. The van der Waals surface area contributed by atoms with Gasteiger partial charge in [0.25, 0.3) is 0 Å². The van der Waals surface area contributed by atoms with E-state index in [4.69, 9.17) is 0 Å². The van der Waals surface area contributed by atoms with Gasteiger partial charge in [0.15, 0.2) is 5.16 Å². The van der Waals surface area contributed by atoms with E-state index in [1.54, 1.807) is 6.33 Å². The number of hydrogen-bond donors (Lipinski definition) is 1. The van der Waals surface area contributed by atoms with Crippen LogP contribution in [0.3, 0.4) is 0 Å². The van der Waals surface area contributed by atoms with E-state index >= 15 is 0 Å². The number of carbonyl (C=O) groups is 1. The zero-order chi connectivity index (χ0) is 15.9. The molecule has 0 saturated carbocycles. The Morgan fingerprint density at radius 2 is 2.09 bits per heavy atom. The van der Waals surface area contributed by atoms with Crippen molar-refractivity contribution < 1.29 is 4.79 Å². The summed E-state index contributed by atoms with van der Waals surface area (Å²) in [5.74, 6) is 0.949. The Labute approximate surface area is 137 Å². The number of nitrogens with one attached hydrogen (secondary N) is 1. The number of carbonyl (C=O) groups excluding carboxylic acids is 1. The van der Waals surface area contributed by atoms with Crippen molar-refractivity contribution in [2.24, 2.45) is 5.92 Å². The molecule has 1 aliphatic rings. The van der Waals surface area contributed by atoms with Crippen LogP contribution in [0.5, 0.6) is 0 Å². The topological polar surface area (TPSA) is 63.1 Å². The lowest BCUT2D eigenvalue weighted by Crippen LogP contribution is -2.35. The summed E-state index contributed by atoms with van der Waals surface area (Å²) in [6.45, 7) is 10.6. The summed E-state index contributed by atoms with van der Waals surface area (Å²) in [6, 6.07) is 0.307. The first-order chi connectivity index (χ1) is 10.6. The van der Waals surface area contributed by atoms with Crippen LogP contribution in [0.25, 0.3) is 0 Å². The lowest BCUT2D eigenvalue weighted by atomic mass is 10.1. The first kappa shape index (κ1) is 17.3. The first-order valence-electron chi connectivity index (χ1n) is 8.07. The van der Waals surface area contributed by atoms with Gasteiger partial charge in [-0.1, -0.05) is 18.7 Å². The number of nitrogens with zero attached hydrogens (tertiary/aromatic N) is 4. The third-order valence-corrected chi connectivity index (χ3v) is 4.80. The molecule has 0 bridgehead atoms. The number of aromatic nitrogens is 3. The fourth-order valence-electron chi connectivity index (χ4n) is 2.63. The Morgan fingerprint density at radius 3 is 2.77 bits per heavy atom. The molecule has 1 N–H and O–H groups in total. The Balaban J connectivity index is 1.66. The van der Waals surface area contributed by atoms with E-state index in [0.717, 1.165) is 18.2 Å². The molecule has 1 unspecified atom stereocenters. The average Bonchev–Trinajstić information content (AvgIpc) is 3.13. The van der Waals surface area contributed by atoms with Gasteiger partial charge in [0, 0.05) is 19.1 Å². The number of thioether (sulfide) groups is 1. The number of hydrogen-bond acceptors (Lipinski definition) is 5. The molecule has 7 heteroatoms. The zero-order valence-corrected chi connectivity index (χ0v) is 14.6. The van der Waals surface area contributed by atoms with Crippen molar-refractivity contribution in [1.29, 1.82) is 0 Å². The molecule has 124 valence electrons. The normalized spacial score (nSPS) is 17.1. The first-order valence-corrected chi connectivity index (χ1v) is 9.06. The molecule has 1 aromatic heterocycles. The van der Waals surface area contributed by atoms with Crippen molar-refractivity contribution in [3.63, 3.8) is 0 Å². The van der Waals surface area contributed by atoms with Gasteiger partial charge in [0.1, 0.15) is 6.33 Å². The zero-order valence-electron chi connectivity index (χ0n) is 13.8. The van der Waals surface area contributed by atoms with E-state index in [1.165, 1.54) is 37.7 Å². The van der Waals surface area contributed by atoms with Crippen LogP contribution in [0.2, 0.25) is 0 Å². The molecule has 1 aliphatic heterocycles. The summed E-state index contributed by atoms with van der Waals surface area (Å²) in [6.07, 6.45) is 4.33. The third kappa shape index (κ3) is 5.28. The van der Waals surface area contributed by atoms with Crippen LogP contribution in [-0.4, -0.2) is 57.5 Å². The highest BCUT2D eigenvalue weighted by molar-refractivity contribution is 7.99. The van der Waals surface area contributed by atoms with Gasteiger partial charge in [-0.05, 0) is 45.7 Å². The van der Waals surface area contributed by atoms with Crippen LogP contribution in [0, 0.1) is 5.92 Å². The summed E-state index contributed by atoms with van der Waals surface area (Å²) in [5.41, 5.74) is 0.